The molecule has 0 atom stereocenters. The number of pyridine rings is 2. The standard InChI is InChI=1S/C44H34N3O.Pt/c1-44(2,3)33-27-37(30-16-8-5-9-17-30)42(48)38(28-33)40-21-12-20-39(46-40)32-24-31(29-14-6-4-7-15-29)25-34(26-32)47-41-22-11-10-18-35(41)36-19-13-23-45-43(36)47;/h4-25,27-28,48H,1-3H3;/q-1;. The summed E-state index contributed by atoms with van der Waals surface area (Å²) < 4.78 is 2.19. The van der Waals surface area contributed by atoms with E-state index in [0.717, 1.165) is 66.7 Å². The summed E-state index contributed by atoms with van der Waals surface area (Å²) in [4.78, 5) is 10.0. The summed E-state index contributed by atoms with van der Waals surface area (Å²) in [5, 5.41) is 14.0. The van der Waals surface area contributed by atoms with Crippen molar-refractivity contribution in [3.05, 3.63) is 157 Å². The molecule has 5 aromatic carbocycles. The topological polar surface area (TPSA) is 50.9 Å². The number of para-hydroxylation sites is 1. The third kappa shape index (κ3) is 5.98. The number of aromatic nitrogens is 3. The van der Waals surface area contributed by atoms with Crippen molar-refractivity contribution < 1.29 is 26.2 Å². The normalized spacial score (nSPS) is 11.5. The number of hydrogen-bond donors (Lipinski definition) is 1. The van der Waals surface area contributed by atoms with Crippen molar-refractivity contribution >= 4 is 21.9 Å². The predicted octanol–water partition coefficient (Wildman–Crippen LogP) is 11.0. The molecule has 8 rings (SSSR count). The minimum Gasteiger partial charge on any atom is -0.507 e. The average Bonchev–Trinajstić information content (AvgIpc) is 3.46. The zero-order valence-electron chi connectivity index (χ0n) is 27.5. The van der Waals surface area contributed by atoms with Crippen molar-refractivity contribution in [1.29, 1.82) is 0 Å². The van der Waals surface area contributed by atoms with Crippen molar-refractivity contribution in [3.63, 3.8) is 0 Å². The molecule has 0 aliphatic rings. The van der Waals surface area contributed by atoms with Gasteiger partial charge in [0.1, 0.15) is 11.4 Å². The van der Waals surface area contributed by atoms with E-state index in [1.54, 1.807) is 0 Å². The van der Waals surface area contributed by atoms with Crippen molar-refractivity contribution in [2.75, 3.05) is 0 Å². The molecule has 0 aliphatic heterocycles. The largest absolute Gasteiger partial charge is 0.507 e. The van der Waals surface area contributed by atoms with Crippen molar-refractivity contribution in [2.24, 2.45) is 0 Å². The van der Waals surface area contributed by atoms with Gasteiger partial charge in [-0.1, -0.05) is 117 Å². The van der Waals surface area contributed by atoms with Gasteiger partial charge in [0.25, 0.3) is 0 Å². The van der Waals surface area contributed by atoms with Crippen LogP contribution in [0.5, 0.6) is 5.75 Å². The van der Waals surface area contributed by atoms with E-state index >= 15 is 0 Å². The molecule has 242 valence electrons. The molecular formula is C44H34N3OPt-. The van der Waals surface area contributed by atoms with Crippen LogP contribution in [0.3, 0.4) is 0 Å². The van der Waals surface area contributed by atoms with Crippen LogP contribution in [0, 0.1) is 6.07 Å². The van der Waals surface area contributed by atoms with E-state index < -0.39 is 0 Å². The molecule has 0 saturated heterocycles. The van der Waals surface area contributed by atoms with Gasteiger partial charge in [0.2, 0.25) is 0 Å². The van der Waals surface area contributed by atoms with E-state index in [2.05, 4.69) is 110 Å². The van der Waals surface area contributed by atoms with Crippen LogP contribution in [0.2, 0.25) is 0 Å². The summed E-state index contributed by atoms with van der Waals surface area (Å²) >= 11 is 0. The summed E-state index contributed by atoms with van der Waals surface area (Å²) in [6.45, 7) is 6.57. The van der Waals surface area contributed by atoms with E-state index in [0.29, 0.717) is 11.3 Å². The fraction of sp³-hybridized carbons (Fsp3) is 0.0909. The fourth-order valence-corrected chi connectivity index (χ4v) is 6.49. The second-order valence-electron chi connectivity index (χ2n) is 13.2. The summed E-state index contributed by atoms with van der Waals surface area (Å²) in [7, 11) is 0. The van der Waals surface area contributed by atoms with Gasteiger partial charge < -0.3 is 9.67 Å². The van der Waals surface area contributed by atoms with Gasteiger partial charge in [0.15, 0.2) is 0 Å². The van der Waals surface area contributed by atoms with Gasteiger partial charge in [-0.2, -0.15) is 0 Å². The maximum Gasteiger partial charge on any atom is 0.144 e. The zero-order valence-corrected chi connectivity index (χ0v) is 29.7. The molecular weight excluding hydrogens is 782 g/mol. The molecule has 0 saturated carbocycles. The second-order valence-corrected chi connectivity index (χ2v) is 13.2. The Kier molecular flexibility index (Phi) is 8.52. The van der Waals surface area contributed by atoms with Gasteiger partial charge in [0, 0.05) is 49.2 Å². The molecule has 4 nitrogen and oxygen atoms in total. The predicted molar refractivity (Wildman–Crippen MR) is 197 cm³/mol. The number of rotatable bonds is 5. The molecule has 0 unspecified atom stereocenters. The summed E-state index contributed by atoms with van der Waals surface area (Å²) in [6, 6.07) is 51.2. The molecule has 8 aromatic rings. The van der Waals surface area contributed by atoms with E-state index in [4.69, 9.17) is 9.97 Å². The van der Waals surface area contributed by atoms with E-state index in [1.165, 1.54) is 0 Å². The van der Waals surface area contributed by atoms with Crippen LogP contribution in [0.1, 0.15) is 26.3 Å². The monoisotopic (exact) mass is 815 g/mol. The van der Waals surface area contributed by atoms with Gasteiger partial charge in [-0.25, -0.2) is 4.98 Å². The van der Waals surface area contributed by atoms with Gasteiger partial charge in [0.05, 0.1) is 11.2 Å². The Labute approximate surface area is 301 Å². The number of phenols is 1. The molecule has 0 fully saturated rings. The molecule has 3 aromatic heterocycles. The molecule has 0 aliphatic carbocycles. The van der Waals surface area contributed by atoms with Crippen LogP contribution in [0.4, 0.5) is 0 Å². The fourth-order valence-electron chi connectivity index (χ4n) is 6.49. The third-order valence-corrected chi connectivity index (χ3v) is 9.00. The van der Waals surface area contributed by atoms with Crippen molar-refractivity contribution in [1.82, 2.24) is 14.5 Å². The Hall–Kier alpha value is -5.31. The molecule has 0 bridgehead atoms. The Morgan fingerprint density at radius 2 is 1.27 bits per heavy atom. The first-order valence-corrected chi connectivity index (χ1v) is 16.2. The number of fused-ring (bicyclic) bond motifs is 3. The van der Waals surface area contributed by atoms with E-state index in [1.807, 2.05) is 66.9 Å². The zero-order chi connectivity index (χ0) is 32.8. The molecule has 5 heteroatoms. The number of nitrogens with zero attached hydrogens (tertiary/aromatic N) is 3. The second kappa shape index (κ2) is 13.0. The maximum atomic E-state index is 11.8. The molecule has 0 spiro atoms. The van der Waals surface area contributed by atoms with Crippen LogP contribution in [0.25, 0.3) is 72.4 Å². The van der Waals surface area contributed by atoms with E-state index in [9.17, 15) is 5.11 Å². The molecule has 49 heavy (non-hydrogen) atoms. The first-order chi connectivity index (χ1) is 23.3. The van der Waals surface area contributed by atoms with Crippen LogP contribution < -0.4 is 0 Å². The summed E-state index contributed by atoms with van der Waals surface area (Å²) in [5.74, 6) is 0.220. The van der Waals surface area contributed by atoms with Crippen molar-refractivity contribution in [2.45, 2.75) is 26.2 Å². The summed E-state index contributed by atoms with van der Waals surface area (Å²) in [6.07, 6.45) is 1.84. The van der Waals surface area contributed by atoms with Gasteiger partial charge in [-0.15, -0.1) is 23.8 Å². The maximum absolute atomic E-state index is 11.8. The number of aromatic hydroxyl groups is 1. The number of phenolic OH excluding ortho intramolecular Hbond substituents is 1. The minimum absolute atomic E-state index is 0. The molecule has 1 N–H and O–H groups in total. The summed E-state index contributed by atoms with van der Waals surface area (Å²) in [5.41, 5.74) is 10.8. The van der Waals surface area contributed by atoms with Crippen LogP contribution in [0.15, 0.2) is 146 Å². The minimum atomic E-state index is -0.132. The molecule has 0 amide bonds. The van der Waals surface area contributed by atoms with Crippen LogP contribution in [-0.4, -0.2) is 19.6 Å². The molecule has 0 radical (unpaired) electrons. The average molecular weight is 816 g/mol. The third-order valence-electron chi connectivity index (χ3n) is 9.00. The van der Waals surface area contributed by atoms with E-state index in [-0.39, 0.29) is 32.2 Å². The Morgan fingerprint density at radius 1 is 0.612 bits per heavy atom. The molecule has 3 heterocycles. The Bertz CT molecular complexity index is 2390. The SMILES string of the molecule is CC(C)(C)c1cc(-c2ccccc2)c(O)c(-c2cccc(-c3[c-]c(-n4c5ccccc5c5cccnc54)cc(-c4ccccc4)c3)n2)c1.[Pt]. The van der Waals surface area contributed by atoms with Crippen molar-refractivity contribution in [3.8, 4) is 56.2 Å². The van der Waals surface area contributed by atoms with Gasteiger partial charge in [-0.05, 0) is 69.9 Å². The first-order valence-electron chi connectivity index (χ1n) is 16.2. The number of benzene rings is 5. The van der Waals surface area contributed by atoms with Crippen LogP contribution >= 0.6 is 0 Å². The first kappa shape index (κ1) is 32.2. The quantitative estimate of drug-likeness (QED) is 0.176. The number of hydrogen-bond acceptors (Lipinski definition) is 3. The Balaban J connectivity index is 0.00000378. The van der Waals surface area contributed by atoms with Gasteiger partial charge >= 0.3 is 0 Å². The van der Waals surface area contributed by atoms with Gasteiger partial charge in [-0.3, -0.25) is 4.98 Å². The Morgan fingerprint density at radius 3 is 2.02 bits per heavy atom. The van der Waals surface area contributed by atoms with Crippen LogP contribution in [-0.2, 0) is 26.5 Å². The smallest absolute Gasteiger partial charge is 0.144 e.